The highest BCUT2D eigenvalue weighted by atomic mass is 35.5. The van der Waals surface area contributed by atoms with Gasteiger partial charge in [-0.1, -0.05) is 59.6 Å². The Hall–Kier alpha value is -3.15. The van der Waals surface area contributed by atoms with Gasteiger partial charge < -0.3 is 9.84 Å². The number of aryl methyl sites for hydroxylation is 1. The van der Waals surface area contributed by atoms with E-state index in [1.54, 1.807) is 30.3 Å². The van der Waals surface area contributed by atoms with Gasteiger partial charge in [0, 0.05) is 16.0 Å². The minimum absolute atomic E-state index is 0.0239. The maximum absolute atomic E-state index is 12.9. The van der Waals surface area contributed by atoms with Crippen molar-refractivity contribution in [1.82, 2.24) is 9.78 Å². The third-order valence-electron chi connectivity index (χ3n) is 4.83. The molecule has 0 fully saturated rings. The molecule has 0 aliphatic carbocycles. The van der Waals surface area contributed by atoms with E-state index >= 15 is 0 Å². The number of halogens is 1. The van der Waals surface area contributed by atoms with Gasteiger partial charge in [-0.25, -0.2) is 4.68 Å². The molecule has 0 aliphatic rings. The summed E-state index contributed by atoms with van der Waals surface area (Å²) in [5.41, 5.74) is 2.52. The molecule has 1 aromatic heterocycles. The minimum Gasteiger partial charge on any atom is -0.491 e. The smallest absolute Gasteiger partial charge is 0.274 e. The molecular weight excluding hydrogens is 400 g/mol. The average Bonchev–Trinajstić information content (AvgIpc) is 2.76. The summed E-state index contributed by atoms with van der Waals surface area (Å²) < 4.78 is 6.91. The Kier molecular flexibility index (Phi) is 5.84. The second kappa shape index (κ2) is 8.69. The van der Waals surface area contributed by atoms with E-state index in [4.69, 9.17) is 16.3 Å². The van der Waals surface area contributed by atoms with Gasteiger partial charge in [-0.3, -0.25) is 4.79 Å². The van der Waals surface area contributed by atoms with E-state index in [1.165, 1.54) is 4.68 Å². The molecule has 0 radical (unpaired) electrons. The molecule has 5 nitrogen and oxygen atoms in total. The van der Waals surface area contributed by atoms with Crippen LogP contribution in [-0.2, 0) is 6.54 Å². The highest BCUT2D eigenvalue weighted by Gasteiger charge is 2.15. The Labute approximate surface area is 179 Å². The number of hydrogen-bond donors (Lipinski definition) is 1. The van der Waals surface area contributed by atoms with Crippen molar-refractivity contribution < 1.29 is 9.84 Å². The summed E-state index contributed by atoms with van der Waals surface area (Å²) in [5, 5.41) is 17.0. The van der Waals surface area contributed by atoms with Crippen LogP contribution in [0.15, 0.2) is 77.6 Å². The predicted octanol–water partition coefficient (Wildman–Crippen LogP) is 4.47. The summed E-state index contributed by atoms with van der Waals surface area (Å²) in [6, 6.07) is 22.3. The fraction of sp³-hybridized carbons (Fsp3) is 0.167. The normalized spacial score (nSPS) is 12.1. The molecule has 1 N–H and O–H groups in total. The van der Waals surface area contributed by atoms with Gasteiger partial charge in [0.1, 0.15) is 18.5 Å². The zero-order valence-electron chi connectivity index (χ0n) is 16.5. The maximum Gasteiger partial charge on any atom is 0.274 e. The monoisotopic (exact) mass is 420 g/mol. The quantitative estimate of drug-likeness (QED) is 0.500. The van der Waals surface area contributed by atoms with Crippen LogP contribution in [-0.4, -0.2) is 27.6 Å². The average molecular weight is 421 g/mol. The first-order valence-electron chi connectivity index (χ1n) is 9.64. The van der Waals surface area contributed by atoms with Crippen molar-refractivity contribution in [1.29, 1.82) is 0 Å². The van der Waals surface area contributed by atoms with Gasteiger partial charge in [0.25, 0.3) is 5.56 Å². The first kappa shape index (κ1) is 20.1. The Bertz CT molecular complexity index is 1220. The first-order chi connectivity index (χ1) is 14.5. The van der Waals surface area contributed by atoms with Crippen LogP contribution < -0.4 is 10.3 Å². The third-order valence-corrected chi connectivity index (χ3v) is 5.08. The molecule has 0 saturated heterocycles. The molecule has 0 spiro atoms. The predicted molar refractivity (Wildman–Crippen MR) is 119 cm³/mol. The van der Waals surface area contributed by atoms with E-state index in [2.05, 4.69) is 5.10 Å². The van der Waals surface area contributed by atoms with Crippen LogP contribution in [0.25, 0.3) is 22.0 Å². The Morgan fingerprint density at radius 3 is 2.37 bits per heavy atom. The number of nitrogens with zero attached hydrogens (tertiary/aromatic N) is 2. The molecule has 4 rings (SSSR count). The molecular formula is C24H21ClN2O3. The second-order valence-corrected chi connectivity index (χ2v) is 7.60. The number of hydrogen-bond acceptors (Lipinski definition) is 4. The van der Waals surface area contributed by atoms with Crippen LogP contribution in [0.4, 0.5) is 0 Å². The van der Waals surface area contributed by atoms with Gasteiger partial charge in [-0.05, 0) is 37.3 Å². The van der Waals surface area contributed by atoms with Crippen molar-refractivity contribution in [3.8, 4) is 17.0 Å². The number of rotatable bonds is 6. The molecule has 1 heterocycles. The largest absolute Gasteiger partial charge is 0.491 e. The number of fused-ring (bicyclic) bond motifs is 1. The molecule has 0 saturated carbocycles. The lowest BCUT2D eigenvalue weighted by Gasteiger charge is -2.15. The van der Waals surface area contributed by atoms with Crippen molar-refractivity contribution in [3.63, 3.8) is 0 Å². The van der Waals surface area contributed by atoms with Gasteiger partial charge in [-0.15, -0.1) is 0 Å². The molecule has 1 unspecified atom stereocenters. The SMILES string of the molecule is Cc1ccc(-c2nn(CC(O)COc3ccc(Cl)cc3)c(=O)c3ccccc23)cc1. The highest BCUT2D eigenvalue weighted by molar-refractivity contribution is 6.30. The Balaban J connectivity index is 1.63. The summed E-state index contributed by atoms with van der Waals surface area (Å²) in [4.78, 5) is 12.9. The first-order valence-corrected chi connectivity index (χ1v) is 10.0. The lowest BCUT2D eigenvalue weighted by molar-refractivity contribution is 0.0882. The second-order valence-electron chi connectivity index (χ2n) is 7.17. The standard InChI is InChI=1S/C24H21ClN2O3/c1-16-6-8-17(9-7-16)23-21-4-2-3-5-22(21)24(29)27(26-23)14-19(28)15-30-20-12-10-18(25)11-13-20/h2-13,19,28H,14-15H2,1H3. The molecule has 4 aromatic rings. The number of aromatic nitrogens is 2. The fourth-order valence-corrected chi connectivity index (χ4v) is 3.39. The molecule has 0 bridgehead atoms. The van der Waals surface area contributed by atoms with Crippen molar-refractivity contribution in [2.75, 3.05) is 6.61 Å². The van der Waals surface area contributed by atoms with E-state index in [9.17, 15) is 9.90 Å². The van der Waals surface area contributed by atoms with E-state index < -0.39 is 6.10 Å². The Morgan fingerprint density at radius 1 is 1.00 bits per heavy atom. The van der Waals surface area contributed by atoms with Crippen LogP contribution in [0.5, 0.6) is 5.75 Å². The number of aliphatic hydroxyl groups is 1. The fourth-order valence-electron chi connectivity index (χ4n) is 3.26. The van der Waals surface area contributed by atoms with E-state index in [0.29, 0.717) is 21.9 Å². The summed E-state index contributed by atoms with van der Waals surface area (Å²) in [5.74, 6) is 0.595. The lowest BCUT2D eigenvalue weighted by Crippen LogP contribution is -2.32. The molecule has 0 amide bonds. The molecule has 152 valence electrons. The van der Waals surface area contributed by atoms with Crippen molar-refractivity contribution >= 4 is 22.4 Å². The lowest BCUT2D eigenvalue weighted by atomic mass is 10.0. The van der Waals surface area contributed by atoms with E-state index in [-0.39, 0.29) is 18.7 Å². The number of ether oxygens (including phenoxy) is 1. The summed E-state index contributed by atoms with van der Waals surface area (Å²) >= 11 is 5.87. The van der Waals surface area contributed by atoms with Gasteiger partial charge in [-0.2, -0.15) is 5.10 Å². The van der Waals surface area contributed by atoms with Crippen LogP contribution in [0, 0.1) is 6.92 Å². The molecule has 6 heteroatoms. The number of benzene rings is 3. The summed E-state index contributed by atoms with van der Waals surface area (Å²) in [6.45, 7) is 2.08. The van der Waals surface area contributed by atoms with Crippen LogP contribution in [0.2, 0.25) is 5.02 Å². The van der Waals surface area contributed by atoms with Crippen LogP contribution in [0.3, 0.4) is 0 Å². The van der Waals surface area contributed by atoms with E-state index in [1.807, 2.05) is 49.4 Å². The number of aliphatic hydroxyl groups excluding tert-OH is 1. The molecule has 1 atom stereocenters. The molecule has 30 heavy (non-hydrogen) atoms. The van der Waals surface area contributed by atoms with Crippen molar-refractivity contribution in [2.24, 2.45) is 0 Å². The van der Waals surface area contributed by atoms with E-state index in [0.717, 1.165) is 16.5 Å². The third kappa shape index (κ3) is 4.37. The highest BCUT2D eigenvalue weighted by Crippen LogP contribution is 2.25. The maximum atomic E-state index is 12.9. The molecule has 3 aromatic carbocycles. The van der Waals surface area contributed by atoms with Gasteiger partial charge >= 0.3 is 0 Å². The summed E-state index contributed by atoms with van der Waals surface area (Å²) in [6.07, 6.45) is -0.905. The van der Waals surface area contributed by atoms with Crippen LogP contribution >= 0.6 is 11.6 Å². The minimum atomic E-state index is -0.905. The molecule has 0 aliphatic heterocycles. The van der Waals surface area contributed by atoms with Crippen molar-refractivity contribution in [2.45, 2.75) is 19.6 Å². The zero-order chi connectivity index (χ0) is 21.1. The zero-order valence-corrected chi connectivity index (χ0v) is 17.2. The van der Waals surface area contributed by atoms with Crippen molar-refractivity contribution in [3.05, 3.63) is 93.7 Å². The Morgan fingerprint density at radius 2 is 1.67 bits per heavy atom. The van der Waals surface area contributed by atoms with Gasteiger partial charge in [0.05, 0.1) is 17.6 Å². The summed E-state index contributed by atoms with van der Waals surface area (Å²) in [7, 11) is 0. The van der Waals surface area contributed by atoms with Gasteiger partial charge in [0.15, 0.2) is 0 Å². The van der Waals surface area contributed by atoms with Gasteiger partial charge in [0.2, 0.25) is 0 Å². The van der Waals surface area contributed by atoms with Crippen LogP contribution in [0.1, 0.15) is 5.56 Å². The topological polar surface area (TPSA) is 64.3 Å².